The van der Waals surface area contributed by atoms with Gasteiger partial charge in [-0.1, -0.05) is 29.8 Å². The van der Waals surface area contributed by atoms with Gasteiger partial charge in [0.25, 0.3) is 0 Å². The highest BCUT2D eigenvalue weighted by Crippen LogP contribution is 2.26. The van der Waals surface area contributed by atoms with E-state index in [0.29, 0.717) is 30.5 Å². The molecule has 0 atom stereocenters. The monoisotopic (exact) mass is 349 g/mol. The van der Waals surface area contributed by atoms with E-state index >= 15 is 0 Å². The Morgan fingerprint density at radius 3 is 2.73 bits per heavy atom. The Labute approximate surface area is 153 Å². The minimum atomic E-state index is -0.253. The fourth-order valence-corrected chi connectivity index (χ4v) is 3.30. The molecule has 134 valence electrons. The first-order valence-electron chi connectivity index (χ1n) is 8.87. The van der Waals surface area contributed by atoms with E-state index in [0.717, 1.165) is 29.9 Å². The van der Waals surface area contributed by atoms with Crippen LogP contribution in [-0.2, 0) is 11.2 Å². The molecule has 0 saturated carbocycles. The largest absolute Gasteiger partial charge is 0.393 e. The molecule has 2 aromatic rings. The Morgan fingerprint density at radius 1 is 1.27 bits per heavy atom. The van der Waals surface area contributed by atoms with E-state index in [4.69, 9.17) is 0 Å². The summed E-state index contributed by atoms with van der Waals surface area (Å²) in [5.41, 5.74) is 4.11. The Bertz CT molecular complexity index is 833. The van der Waals surface area contributed by atoms with Gasteiger partial charge in [0, 0.05) is 18.8 Å². The quantitative estimate of drug-likeness (QED) is 0.890. The molecule has 0 radical (unpaired) electrons. The van der Waals surface area contributed by atoms with Gasteiger partial charge >= 0.3 is 0 Å². The topological polar surface area (TPSA) is 76.4 Å². The van der Waals surface area contributed by atoms with Crippen LogP contribution in [0.25, 0.3) is 0 Å². The summed E-state index contributed by atoms with van der Waals surface area (Å²) in [4.78, 5) is 14.4. The first kappa shape index (κ1) is 18.0. The van der Waals surface area contributed by atoms with Crippen molar-refractivity contribution in [1.82, 2.24) is 0 Å². The van der Waals surface area contributed by atoms with Crippen molar-refractivity contribution in [3.05, 3.63) is 59.2 Å². The van der Waals surface area contributed by atoms with Crippen LogP contribution in [0.15, 0.2) is 42.5 Å². The first-order valence-corrected chi connectivity index (χ1v) is 8.87. The molecular weight excluding hydrogens is 326 g/mol. The molecule has 1 aliphatic rings. The predicted octanol–water partition coefficient (Wildman–Crippen LogP) is 3.01. The van der Waals surface area contributed by atoms with Gasteiger partial charge in [-0.2, -0.15) is 5.26 Å². The van der Waals surface area contributed by atoms with Gasteiger partial charge in [0.2, 0.25) is 5.91 Å². The molecule has 5 nitrogen and oxygen atoms in total. The number of rotatable bonds is 4. The zero-order valence-corrected chi connectivity index (χ0v) is 14.9. The first-order chi connectivity index (χ1) is 12.5. The molecule has 0 aliphatic carbocycles. The number of aliphatic hydroxyl groups excluding tert-OH is 1. The van der Waals surface area contributed by atoms with Crippen LogP contribution >= 0.6 is 0 Å². The lowest BCUT2D eigenvalue weighted by Crippen LogP contribution is -2.36. The molecule has 0 spiro atoms. The summed E-state index contributed by atoms with van der Waals surface area (Å²) in [7, 11) is 0. The van der Waals surface area contributed by atoms with Crippen molar-refractivity contribution in [2.24, 2.45) is 0 Å². The maximum Gasteiger partial charge on any atom is 0.228 e. The van der Waals surface area contributed by atoms with E-state index < -0.39 is 0 Å². The highest BCUT2D eigenvalue weighted by Gasteiger charge is 2.19. The van der Waals surface area contributed by atoms with Gasteiger partial charge in [-0.05, 0) is 43.5 Å². The highest BCUT2D eigenvalue weighted by atomic mass is 16.3. The summed E-state index contributed by atoms with van der Waals surface area (Å²) in [6, 6.07) is 15.5. The van der Waals surface area contributed by atoms with E-state index in [1.54, 1.807) is 6.07 Å². The molecule has 2 N–H and O–H groups in total. The van der Waals surface area contributed by atoms with E-state index in [-0.39, 0.29) is 12.0 Å². The Balaban J connectivity index is 1.69. The van der Waals surface area contributed by atoms with Crippen LogP contribution in [0.5, 0.6) is 0 Å². The Hall–Kier alpha value is -2.84. The van der Waals surface area contributed by atoms with Crippen LogP contribution in [0, 0.1) is 18.3 Å². The van der Waals surface area contributed by atoms with Crippen LogP contribution in [0.3, 0.4) is 0 Å². The van der Waals surface area contributed by atoms with Gasteiger partial charge in [-0.3, -0.25) is 4.79 Å². The van der Waals surface area contributed by atoms with E-state index in [9.17, 15) is 15.2 Å². The fourth-order valence-electron chi connectivity index (χ4n) is 3.30. The molecule has 2 aromatic carbocycles. The summed E-state index contributed by atoms with van der Waals surface area (Å²) in [5.74, 6) is -0.103. The average molecular weight is 349 g/mol. The molecule has 1 aliphatic heterocycles. The second-order valence-corrected chi connectivity index (χ2v) is 6.78. The Kier molecular flexibility index (Phi) is 5.55. The standard InChI is InChI=1S/C21H23N3O2/c1-15-3-2-4-16(11-15)12-21(26)23-18-5-6-20(17(13-18)14-22)24-9-7-19(25)8-10-24/h2-6,11,13,19,25H,7-10,12H2,1H3,(H,23,26). The second kappa shape index (κ2) is 8.03. The number of carbonyl (C=O) groups excluding carboxylic acids is 1. The number of hydrogen-bond donors (Lipinski definition) is 2. The predicted molar refractivity (Wildman–Crippen MR) is 102 cm³/mol. The summed E-state index contributed by atoms with van der Waals surface area (Å²) < 4.78 is 0. The number of piperidine rings is 1. The van der Waals surface area contributed by atoms with Gasteiger partial charge < -0.3 is 15.3 Å². The van der Waals surface area contributed by atoms with Gasteiger partial charge in [-0.15, -0.1) is 0 Å². The van der Waals surface area contributed by atoms with E-state index in [1.807, 2.05) is 43.3 Å². The number of amides is 1. The van der Waals surface area contributed by atoms with Gasteiger partial charge in [0.15, 0.2) is 0 Å². The summed E-state index contributed by atoms with van der Waals surface area (Å²) >= 11 is 0. The maximum atomic E-state index is 12.3. The van der Waals surface area contributed by atoms with Gasteiger partial charge in [-0.25, -0.2) is 0 Å². The number of anilines is 2. The number of aryl methyl sites for hydroxylation is 1. The average Bonchev–Trinajstić information content (AvgIpc) is 2.62. The molecule has 3 rings (SSSR count). The fraction of sp³-hybridized carbons (Fsp3) is 0.333. The molecule has 1 heterocycles. The van der Waals surface area contributed by atoms with Gasteiger partial charge in [0.05, 0.1) is 23.8 Å². The van der Waals surface area contributed by atoms with Crippen molar-refractivity contribution >= 4 is 17.3 Å². The van der Waals surface area contributed by atoms with Crippen molar-refractivity contribution in [1.29, 1.82) is 5.26 Å². The van der Waals surface area contributed by atoms with Gasteiger partial charge in [0.1, 0.15) is 6.07 Å². The molecule has 1 fully saturated rings. The number of hydrogen-bond acceptors (Lipinski definition) is 4. The van der Waals surface area contributed by atoms with Crippen molar-refractivity contribution < 1.29 is 9.90 Å². The summed E-state index contributed by atoms with van der Waals surface area (Å²) in [6.07, 6.45) is 1.46. The molecule has 0 bridgehead atoms. The maximum absolute atomic E-state index is 12.3. The second-order valence-electron chi connectivity index (χ2n) is 6.78. The molecule has 26 heavy (non-hydrogen) atoms. The van der Waals surface area contributed by atoms with Crippen molar-refractivity contribution in [3.63, 3.8) is 0 Å². The molecule has 1 saturated heterocycles. The number of benzene rings is 2. The van der Waals surface area contributed by atoms with Crippen molar-refractivity contribution in [2.75, 3.05) is 23.3 Å². The number of carbonyl (C=O) groups is 1. The lowest BCUT2D eigenvalue weighted by Gasteiger charge is -2.32. The van der Waals surface area contributed by atoms with Crippen LogP contribution in [0.1, 0.15) is 29.5 Å². The smallest absolute Gasteiger partial charge is 0.228 e. The van der Waals surface area contributed by atoms with Crippen LogP contribution in [-0.4, -0.2) is 30.2 Å². The molecule has 0 aromatic heterocycles. The third-order valence-corrected chi connectivity index (χ3v) is 4.65. The SMILES string of the molecule is Cc1cccc(CC(=O)Nc2ccc(N3CCC(O)CC3)c(C#N)c2)c1. The van der Waals surface area contributed by atoms with E-state index in [2.05, 4.69) is 16.3 Å². The third kappa shape index (κ3) is 4.41. The lowest BCUT2D eigenvalue weighted by molar-refractivity contribution is -0.115. The minimum absolute atomic E-state index is 0.103. The lowest BCUT2D eigenvalue weighted by atomic mass is 10.0. The molecule has 1 amide bonds. The molecular formula is C21H23N3O2. The number of nitrogens with one attached hydrogen (secondary N) is 1. The molecule has 0 unspecified atom stereocenters. The number of nitriles is 1. The minimum Gasteiger partial charge on any atom is -0.393 e. The third-order valence-electron chi connectivity index (χ3n) is 4.65. The summed E-state index contributed by atoms with van der Waals surface area (Å²) in [6.45, 7) is 3.46. The molecule has 5 heteroatoms. The van der Waals surface area contributed by atoms with Crippen molar-refractivity contribution in [2.45, 2.75) is 32.3 Å². The summed E-state index contributed by atoms with van der Waals surface area (Å²) in [5, 5.41) is 22.0. The van der Waals surface area contributed by atoms with Crippen LogP contribution in [0.4, 0.5) is 11.4 Å². The Morgan fingerprint density at radius 2 is 2.04 bits per heavy atom. The zero-order valence-electron chi connectivity index (χ0n) is 14.9. The highest BCUT2D eigenvalue weighted by molar-refractivity contribution is 5.92. The number of aliphatic hydroxyl groups is 1. The van der Waals surface area contributed by atoms with Crippen LogP contribution in [0.2, 0.25) is 0 Å². The zero-order chi connectivity index (χ0) is 18.5. The number of nitrogens with zero attached hydrogens (tertiary/aromatic N) is 2. The van der Waals surface area contributed by atoms with Crippen molar-refractivity contribution in [3.8, 4) is 6.07 Å². The van der Waals surface area contributed by atoms with Crippen LogP contribution < -0.4 is 10.2 Å². The normalized spacial score (nSPS) is 14.7. The van der Waals surface area contributed by atoms with E-state index in [1.165, 1.54) is 0 Å².